The summed E-state index contributed by atoms with van der Waals surface area (Å²) in [5.74, 6) is -1.74. The quantitative estimate of drug-likeness (QED) is 0.661. The third-order valence-electron chi connectivity index (χ3n) is 4.20. The molecule has 1 unspecified atom stereocenters. The van der Waals surface area contributed by atoms with Gasteiger partial charge in [0.25, 0.3) is 5.91 Å². The molecule has 0 aromatic heterocycles. The topological polar surface area (TPSA) is 114 Å². The maximum Gasteiger partial charge on any atom is 0.258 e. The van der Waals surface area contributed by atoms with E-state index in [1.807, 2.05) is 6.07 Å². The number of nitriles is 1. The lowest BCUT2D eigenvalue weighted by Crippen LogP contribution is -2.35. The van der Waals surface area contributed by atoms with Gasteiger partial charge in [-0.2, -0.15) is 5.26 Å². The van der Waals surface area contributed by atoms with Crippen molar-refractivity contribution in [2.45, 2.75) is 24.9 Å². The van der Waals surface area contributed by atoms with Crippen molar-refractivity contribution >= 4 is 40.8 Å². The van der Waals surface area contributed by atoms with Crippen LogP contribution in [-0.4, -0.2) is 24.5 Å². The molecule has 2 N–H and O–H groups in total. The fourth-order valence-corrected chi connectivity index (χ4v) is 3.22. The second-order valence-corrected chi connectivity index (χ2v) is 7.37. The molecule has 0 aliphatic heterocycles. The summed E-state index contributed by atoms with van der Waals surface area (Å²) in [6.45, 7) is -0.318. The SMILES string of the molecule is N#Cc1ccc(NC(C(=O)[O-])c2cc(Cl)cc(Cl)c2OCC(=O)NC2CC2)cc1. The molecule has 150 valence electrons. The number of aliphatic carboxylic acids is 1. The van der Waals surface area contributed by atoms with Crippen molar-refractivity contribution in [3.8, 4) is 11.8 Å². The molecule has 0 bridgehead atoms. The number of ether oxygens (including phenoxy) is 1. The van der Waals surface area contributed by atoms with Crippen LogP contribution >= 0.6 is 23.2 Å². The molecule has 1 aliphatic rings. The number of anilines is 1. The molecule has 1 aliphatic carbocycles. The summed E-state index contributed by atoms with van der Waals surface area (Å²) >= 11 is 12.3. The zero-order valence-corrected chi connectivity index (χ0v) is 16.6. The zero-order valence-electron chi connectivity index (χ0n) is 15.1. The first-order chi connectivity index (χ1) is 13.9. The van der Waals surface area contributed by atoms with Gasteiger partial charge in [0, 0.05) is 22.3 Å². The smallest absolute Gasteiger partial charge is 0.258 e. The second-order valence-electron chi connectivity index (χ2n) is 6.52. The van der Waals surface area contributed by atoms with E-state index < -0.39 is 12.0 Å². The average Bonchev–Trinajstić information content (AvgIpc) is 3.49. The fraction of sp³-hybridized carbons (Fsp3) is 0.250. The minimum Gasteiger partial charge on any atom is -0.548 e. The molecule has 2 aromatic carbocycles. The number of carbonyl (C=O) groups is 2. The number of hydrogen-bond donors (Lipinski definition) is 2. The minimum absolute atomic E-state index is 0.0253. The molecule has 0 radical (unpaired) electrons. The number of carbonyl (C=O) groups excluding carboxylic acids is 2. The van der Waals surface area contributed by atoms with E-state index in [-0.39, 0.29) is 39.9 Å². The zero-order chi connectivity index (χ0) is 21.0. The lowest BCUT2D eigenvalue weighted by molar-refractivity contribution is -0.307. The molecule has 0 spiro atoms. The molecule has 0 saturated heterocycles. The van der Waals surface area contributed by atoms with Gasteiger partial charge in [0.05, 0.1) is 28.7 Å². The van der Waals surface area contributed by atoms with Crippen LogP contribution in [0.5, 0.6) is 5.75 Å². The largest absolute Gasteiger partial charge is 0.548 e. The van der Waals surface area contributed by atoms with Crippen LogP contribution in [-0.2, 0) is 9.59 Å². The van der Waals surface area contributed by atoms with Gasteiger partial charge in [-0.3, -0.25) is 4.79 Å². The fourth-order valence-electron chi connectivity index (χ4n) is 2.65. The highest BCUT2D eigenvalue weighted by Gasteiger charge is 2.25. The van der Waals surface area contributed by atoms with Crippen molar-refractivity contribution in [2.24, 2.45) is 0 Å². The van der Waals surface area contributed by atoms with Crippen LogP contribution in [0.2, 0.25) is 10.0 Å². The molecular formula is C20H16Cl2N3O4-. The van der Waals surface area contributed by atoms with Gasteiger partial charge in [-0.25, -0.2) is 0 Å². The maximum atomic E-state index is 11.9. The Morgan fingerprint density at radius 2 is 1.93 bits per heavy atom. The monoisotopic (exact) mass is 432 g/mol. The van der Waals surface area contributed by atoms with Crippen molar-refractivity contribution in [2.75, 3.05) is 11.9 Å². The lowest BCUT2D eigenvalue weighted by atomic mass is 10.0. The van der Waals surface area contributed by atoms with E-state index in [4.69, 9.17) is 33.2 Å². The highest BCUT2D eigenvalue weighted by atomic mass is 35.5. The summed E-state index contributed by atoms with van der Waals surface area (Å²) in [4.78, 5) is 23.8. The molecule has 2 aromatic rings. The summed E-state index contributed by atoms with van der Waals surface area (Å²) < 4.78 is 5.54. The molecule has 3 rings (SSSR count). The Kier molecular flexibility index (Phi) is 6.47. The molecule has 9 heteroatoms. The Bertz CT molecular complexity index is 969. The van der Waals surface area contributed by atoms with E-state index in [2.05, 4.69) is 10.6 Å². The van der Waals surface area contributed by atoms with Crippen LogP contribution in [0.4, 0.5) is 5.69 Å². The summed E-state index contributed by atoms with van der Waals surface area (Å²) in [6, 6.07) is 9.77. The normalized spacial score (nSPS) is 13.8. The summed E-state index contributed by atoms with van der Waals surface area (Å²) in [6.07, 6.45) is 1.86. The van der Waals surface area contributed by atoms with Crippen molar-refractivity contribution in [1.29, 1.82) is 5.26 Å². The predicted octanol–water partition coefficient (Wildman–Crippen LogP) is 2.43. The average molecular weight is 433 g/mol. The number of rotatable bonds is 8. The Balaban J connectivity index is 1.86. The lowest BCUT2D eigenvalue weighted by Gasteiger charge is -2.24. The van der Waals surface area contributed by atoms with Crippen molar-refractivity contribution in [1.82, 2.24) is 5.32 Å². The van der Waals surface area contributed by atoms with Crippen LogP contribution in [0.15, 0.2) is 36.4 Å². The Labute approximate surface area is 177 Å². The van der Waals surface area contributed by atoms with Crippen LogP contribution in [0, 0.1) is 11.3 Å². The molecule has 7 nitrogen and oxygen atoms in total. The molecule has 1 atom stereocenters. The highest BCUT2D eigenvalue weighted by molar-refractivity contribution is 6.35. The Morgan fingerprint density at radius 3 is 2.52 bits per heavy atom. The summed E-state index contributed by atoms with van der Waals surface area (Å²) in [5.41, 5.74) is 0.981. The number of nitrogens with one attached hydrogen (secondary N) is 2. The number of hydrogen-bond acceptors (Lipinski definition) is 6. The predicted molar refractivity (Wildman–Crippen MR) is 106 cm³/mol. The number of benzene rings is 2. The Morgan fingerprint density at radius 1 is 1.24 bits per heavy atom. The van der Waals surface area contributed by atoms with Gasteiger partial charge >= 0.3 is 0 Å². The van der Waals surface area contributed by atoms with Crippen molar-refractivity contribution in [3.63, 3.8) is 0 Å². The standard InChI is InChI=1S/C20H17Cl2N3O4/c21-12-7-15(18(20(27)28)25-14-3-1-11(9-23)2-4-14)19(16(22)8-12)29-10-17(26)24-13-5-6-13/h1-4,7-8,13,18,25H,5-6,10H2,(H,24,26)(H,27,28)/p-1. The molecule has 29 heavy (non-hydrogen) atoms. The van der Waals surface area contributed by atoms with Crippen LogP contribution < -0.4 is 20.5 Å². The number of carboxylic acids is 1. The third kappa shape index (κ3) is 5.53. The third-order valence-corrected chi connectivity index (χ3v) is 4.70. The maximum absolute atomic E-state index is 11.9. The number of carboxylic acid groups (broad SMARTS) is 1. The summed E-state index contributed by atoms with van der Waals surface area (Å²) in [5, 5.41) is 26.6. The number of nitrogens with zero attached hydrogens (tertiary/aromatic N) is 1. The first kappa shape index (κ1) is 20.8. The number of halogens is 2. The van der Waals surface area contributed by atoms with E-state index in [0.717, 1.165) is 12.8 Å². The minimum atomic E-state index is -1.44. The van der Waals surface area contributed by atoms with Crippen LogP contribution in [0.1, 0.15) is 30.0 Å². The van der Waals surface area contributed by atoms with Gasteiger partial charge in [0.1, 0.15) is 5.75 Å². The van der Waals surface area contributed by atoms with Crippen LogP contribution in [0.3, 0.4) is 0 Å². The first-order valence-corrected chi connectivity index (χ1v) is 9.51. The van der Waals surface area contributed by atoms with E-state index in [1.54, 1.807) is 24.3 Å². The van der Waals surface area contributed by atoms with E-state index >= 15 is 0 Å². The number of amides is 1. The van der Waals surface area contributed by atoms with Gasteiger partial charge in [0.2, 0.25) is 0 Å². The van der Waals surface area contributed by atoms with Crippen molar-refractivity contribution in [3.05, 3.63) is 57.6 Å². The van der Waals surface area contributed by atoms with Crippen molar-refractivity contribution < 1.29 is 19.4 Å². The highest BCUT2D eigenvalue weighted by Crippen LogP contribution is 2.37. The van der Waals surface area contributed by atoms with Crippen LogP contribution in [0.25, 0.3) is 0 Å². The van der Waals surface area contributed by atoms with Gasteiger partial charge in [0.15, 0.2) is 6.61 Å². The molecule has 1 saturated carbocycles. The van der Waals surface area contributed by atoms with E-state index in [1.165, 1.54) is 12.1 Å². The van der Waals surface area contributed by atoms with Gasteiger partial charge in [-0.05, 0) is 49.2 Å². The Hall–Kier alpha value is -2.95. The van der Waals surface area contributed by atoms with E-state index in [0.29, 0.717) is 11.3 Å². The van der Waals surface area contributed by atoms with Gasteiger partial charge in [-0.1, -0.05) is 23.2 Å². The van der Waals surface area contributed by atoms with E-state index in [9.17, 15) is 14.7 Å². The van der Waals surface area contributed by atoms with Gasteiger partial charge < -0.3 is 25.3 Å². The first-order valence-electron chi connectivity index (χ1n) is 8.76. The molecule has 1 fully saturated rings. The molecule has 1 amide bonds. The second kappa shape index (κ2) is 9.03. The molecule has 0 heterocycles. The molecular weight excluding hydrogens is 417 g/mol. The summed E-state index contributed by atoms with van der Waals surface area (Å²) in [7, 11) is 0. The van der Waals surface area contributed by atoms with Gasteiger partial charge in [-0.15, -0.1) is 0 Å².